The number of carbonyl (C=O) groups excluding carboxylic acids is 2. The molecule has 4 rings (SSSR count). The van der Waals surface area contributed by atoms with E-state index >= 15 is 0 Å². The second kappa shape index (κ2) is 7.96. The molecule has 1 saturated carbocycles. The Morgan fingerprint density at radius 3 is 2.93 bits per heavy atom. The predicted molar refractivity (Wildman–Crippen MR) is 105 cm³/mol. The zero-order valence-electron chi connectivity index (χ0n) is 14.9. The summed E-state index contributed by atoms with van der Waals surface area (Å²) in [6.07, 6.45) is 4.91. The second-order valence-corrected chi connectivity index (χ2v) is 7.59. The maximum absolute atomic E-state index is 12.5. The minimum absolute atomic E-state index is 0.140. The molecule has 2 heterocycles. The number of carbonyl (C=O) groups is 2. The summed E-state index contributed by atoms with van der Waals surface area (Å²) in [7, 11) is 0. The highest BCUT2D eigenvalue weighted by Gasteiger charge is 2.24. The molecular formula is C19H22N4O3S. The molecule has 142 valence electrons. The summed E-state index contributed by atoms with van der Waals surface area (Å²) in [5.41, 5.74) is 1.34. The predicted octanol–water partition coefficient (Wildman–Crippen LogP) is 3.18. The van der Waals surface area contributed by atoms with Gasteiger partial charge in [0, 0.05) is 18.5 Å². The zero-order valence-corrected chi connectivity index (χ0v) is 15.8. The van der Waals surface area contributed by atoms with Gasteiger partial charge in [0.05, 0.1) is 23.9 Å². The molecule has 7 nitrogen and oxygen atoms in total. The van der Waals surface area contributed by atoms with Crippen LogP contribution >= 0.6 is 11.3 Å². The standard InChI is InChI=1S/C19H22N4O3S/c24-17(11-13-12-27-19(21-13)23-10-9-20-18(23)25)22-15-7-3-4-8-16(15)26-14-5-1-2-6-14/h3-4,7-8,12,14H,1-2,5-6,9-11H2,(H,20,25)(H,22,24). The third-order valence-corrected chi connectivity index (χ3v) is 5.64. The minimum atomic E-state index is -0.153. The van der Waals surface area contributed by atoms with Crippen molar-refractivity contribution in [3.63, 3.8) is 0 Å². The van der Waals surface area contributed by atoms with Gasteiger partial charge in [-0.15, -0.1) is 11.3 Å². The molecule has 1 aromatic heterocycles. The fraction of sp³-hybridized carbons (Fsp3) is 0.421. The molecule has 8 heteroatoms. The zero-order chi connectivity index (χ0) is 18.6. The number of rotatable bonds is 6. The molecule has 2 aliphatic rings. The number of thiazole rings is 1. The van der Waals surface area contributed by atoms with Crippen molar-refractivity contribution in [3.8, 4) is 5.75 Å². The Morgan fingerprint density at radius 2 is 2.15 bits per heavy atom. The van der Waals surface area contributed by atoms with Crippen LogP contribution in [-0.2, 0) is 11.2 Å². The number of aromatic nitrogens is 1. The van der Waals surface area contributed by atoms with Crippen LogP contribution in [0.1, 0.15) is 31.4 Å². The van der Waals surface area contributed by atoms with Crippen LogP contribution in [0.4, 0.5) is 15.6 Å². The first-order valence-corrected chi connectivity index (χ1v) is 10.1. The molecule has 0 unspecified atom stereocenters. The number of para-hydroxylation sites is 2. The van der Waals surface area contributed by atoms with Crippen molar-refractivity contribution in [2.75, 3.05) is 23.3 Å². The summed E-state index contributed by atoms with van der Waals surface area (Å²) >= 11 is 1.37. The van der Waals surface area contributed by atoms with E-state index in [-0.39, 0.29) is 24.5 Å². The number of ether oxygens (including phenoxy) is 1. The summed E-state index contributed by atoms with van der Waals surface area (Å²) in [6, 6.07) is 7.39. The number of nitrogens with one attached hydrogen (secondary N) is 2. The Hall–Kier alpha value is -2.61. The Balaban J connectivity index is 1.38. The van der Waals surface area contributed by atoms with Gasteiger partial charge < -0.3 is 15.4 Å². The van der Waals surface area contributed by atoms with Crippen molar-refractivity contribution in [3.05, 3.63) is 35.3 Å². The van der Waals surface area contributed by atoms with Gasteiger partial charge in [0.2, 0.25) is 5.91 Å². The molecule has 0 bridgehead atoms. The summed E-state index contributed by atoms with van der Waals surface area (Å²) in [5, 5.41) is 8.12. The van der Waals surface area contributed by atoms with Gasteiger partial charge in [-0.1, -0.05) is 12.1 Å². The third-order valence-electron chi connectivity index (χ3n) is 4.73. The van der Waals surface area contributed by atoms with Crippen molar-refractivity contribution < 1.29 is 14.3 Å². The lowest BCUT2D eigenvalue weighted by atomic mass is 10.2. The molecule has 2 aromatic rings. The van der Waals surface area contributed by atoms with Gasteiger partial charge in [0.1, 0.15) is 5.75 Å². The monoisotopic (exact) mass is 386 g/mol. The summed E-state index contributed by atoms with van der Waals surface area (Å²) in [6.45, 7) is 1.22. The normalized spacial score (nSPS) is 17.2. The molecule has 2 N–H and O–H groups in total. The van der Waals surface area contributed by atoms with Gasteiger partial charge in [-0.3, -0.25) is 9.69 Å². The summed E-state index contributed by atoms with van der Waals surface area (Å²) in [5.74, 6) is 0.561. The highest BCUT2D eigenvalue weighted by atomic mass is 32.1. The van der Waals surface area contributed by atoms with Crippen LogP contribution in [0.5, 0.6) is 5.75 Å². The lowest BCUT2D eigenvalue weighted by Gasteiger charge is -2.16. The van der Waals surface area contributed by atoms with Crippen LogP contribution in [0.3, 0.4) is 0 Å². The van der Waals surface area contributed by atoms with Gasteiger partial charge >= 0.3 is 6.03 Å². The first-order chi connectivity index (χ1) is 13.2. The van der Waals surface area contributed by atoms with Crippen LogP contribution in [-0.4, -0.2) is 36.1 Å². The van der Waals surface area contributed by atoms with E-state index in [1.54, 1.807) is 4.90 Å². The average molecular weight is 386 g/mol. The van der Waals surface area contributed by atoms with Gasteiger partial charge in [0.15, 0.2) is 5.13 Å². The molecule has 1 saturated heterocycles. The van der Waals surface area contributed by atoms with Gasteiger partial charge in [-0.25, -0.2) is 9.78 Å². The second-order valence-electron chi connectivity index (χ2n) is 6.75. The lowest BCUT2D eigenvalue weighted by Crippen LogP contribution is -2.27. The van der Waals surface area contributed by atoms with Crippen LogP contribution in [0.15, 0.2) is 29.6 Å². The Kier molecular flexibility index (Phi) is 5.24. The Labute approximate surface area is 161 Å². The van der Waals surface area contributed by atoms with Crippen LogP contribution in [0, 0.1) is 0 Å². The Bertz CT molecular complexity index is 832. The topological polar surface area (TPSA) is 83.6 Å². The molecular weight excluding hydrogens is 364 g/mol. The third kappa shape index (κ3) is 4.21. The van der Waals surface area contributed by atoms with Crippen LogP contribution in [0.25, 0.3) is 0 Å². The average Bonchev–Trinajstić information content (AvgIpc) is 3.39. The van der Waals surface area contributed by atoms with Crippen molar-refractivity contribution >= 4 is 34.1 Å². The van der Waals surface area contributed by atoms with Crippen molar-refractivity contribution in [2.45, 2.75) is 38.2 Å². The number of anilines is 2. The number of nitrogens with zero attached hydrogens (tertiary/aromatic N) is 2. The smallest absolute Gasteiger partial charge is 0.323 e. The first-order valence-electron chi connectivity index (χ1n) is 9.24. The van der Waals surface area contributed by atoms with E-state index in [1.165, 1.54) is 24.2 Å². The molecule has 1 aliphatic carbocycles. The molecule has 3 amide bonds. The van der Waals surface area contributed by atoms with E-state index < -0.39 is 0 Å². The fourth-order valence-electron chi connectivity index (χ4n) is 3.37. The van der Waals surface area contributed by atoms with E-state index in [9.17, 15) is 9.59 Å². The number of hydrogen-bond donors (Lipinski definition) is 2. The largest absolute Gasteiger partial charge is 0.488 e. The molecule has 1 aromatic carbocycles. The van der Waals surface area contributed by atoms with Crippen LogP contribution in [0.2, 0.25) is 0 Å². The first kappa shape index (κ1) is 17.8. The highest BCUT2D eigenvalue weighted by molar-refractivity contribution is 7.14. The molecule has 0 atom stereocenters. The number of benzene rings is 1. The quantitative estimate of drug-likeness (QED) is 0.799. The van der Waals surface area contributed by atoms with Crippen LogP contribution < -0.4 is 20.3 Å². The number of hydrogen-bond acceptors (Lipinski definition) is 5. The highest BCUT2D eigenvalue weighted by Crippen LogP contribution is 2.30. The fourth-order valence-corrected chi connectivity index (χ4v) is 4.22. The van der Waals surface area contributed by atoms with Gasteiger partial charge in [-0.05, 0) is 37.8 Å². The SMILES string of the molecule is O=C(Cc1csc(N2CCNC2=O)n1)Nc1ccccc1OC1CCCC1. The summed E-state index contributed by atoms with van der Waals surface area (Å²) in [4.78, 5) is 30.2. The lowest BCUT2D eigenvalue weighted by molar-refractivity contribution is -0.115. The van der Waals surface area contributed by atoms with E-state index in [1.807, 2.05) is 29.6 Å². The molecule has 2 fully saturated rings. The molecule has 0 radical (unpaired) electrons. The van der Waals surface area contributed by atoms with Crippen molar-refractivity contribution in [2.24, 2.45) is 0 Å². The van der Waals surface area contributed by atoms with E-state index in [0.717, 1.165) is 12.8 Å². The maximum atomic E-state index is 12.5. The number of amides is 3. The van der Waals surface area contributed by atoms with Gasteiger partial charge in [0.25, 0.3) is 0 Å². The van der Waals surface area contributed by atoms with E-state index in [0.29, 0.717) is 35.4 Å². The van der Waals surface area contributed by atoms with E-state index in [4.69, 9.17) is 4.74 Å². The molecule has 27 heavy (non-hydrogen) atoms. The Morgan fingerprint density at radius 1 is 1.33 bits per heavy atom. The van der Waals surface area contributed by atoms with Crippen molar-refractivity contribution in [1.82, 2.24) is 10.3 Å². The molecule has 0 spiro atoms. The van der Waals surface area contributed by atoms with E-state index in [2.05, 4.69) is 15.6 Å². The minimum Gasteiger partial charge on any atom is -0.488 e. The molecule has 1 aliphatic heterocycles. The number of urea groups is 1. The van der Waals surface area contributed by atoms with Gasteiger partial charge in [-0.2, -0.15) is 0 Å². The summed E-state index contributed by atoms with van der Waals surface area (Å²) < 4.78 is 6.06. The van der Waals surface area contributed by atoms with Crippen molar-refractivity contribution in [1.29, 1.82) is 0 Å². The maximum Gasteiger partial charge on any atom is 0.323 e.